The van der Waals surface area contributed by atoms with Crippen molar-refractivity contribution < 1.29 is 17.7 Å². The molecule has 16 heavy (non-hydrogen) atoms. The van der Waals surface area contributed by atoms with Gasteiger partial charge in [-0.2, -0.15) is 8.42 Å². The standard InChI is InChI=1S/C10H23NO4S/c1-4-6-10(16(12,13)14)11-7-5-8-15-9(2)3/h9-11H,4-8H2,1-3H3,(H,12,13,14). The molecule has 0 radical (unpaired) electrons. The van der Waals surface area contributed by atoms with Crippen LogP contribution in [0, 0.1) is 0 Å². The van der Waals surface area contributed by atoms with Gasteiger partial charge in [0, 0.05) is 6.61 Å². The Morgan fingerprint density at radius 2 is 2.00 bits per heavy atom. The minimum Gasteiger partial charge on any atom is -0.379 e. The SMILES string of the molecule is CCCC(NCCCOC(C)C)S(=O)(=O)O. The summed E-state index contributed by atoms with van der Waals surface area (Å²) in [7, 11) is -3.98. The van der Waals surface area contributed by atoms with Crippen LogP contribution in [-0.2, 0) is 14.9 Å². The molecule has 6 heteroatoms. The Kier molecular flexibility index (Phi) is 7.91. The van der Waals surface area contributed by atoms with Gasteiger partial charge in [-0.1, -0.05) is 13.3 Å². The van der Waals surface area contributed by atoms with E-state index in [-0.39, 0.29) is 6.10 Å². The smallest absolute Gasteiger partial charge is 0.281 e. The predicted octanol–water partition coefficient (Wildman–Crippen LogP) is 1.41. The highest BCUT2D eigenvalue weighted by Gasteiger charge is 2.20. The second-order valence-electron chi connectivity index (χ2n) is 4.02. The fraction of sp³-hybridized carbons (Fsp3) is 1.00. The summed E-state index contributed by atoms with van der Waals surface area (Å²) in [6, 6.07) is 0. The van der Waals surface area contributed by atoms with Gasteiger partial charge in [0.05, 0.1) is 6.10 Å². The van der Waals surface area contributed by atoms with Crippen molar-refractivity contribution in [3.05, 3.63) is 0 Å². The molecule has 98 valence electrons. The first-order chi connectivity index (χ1) is 7.38. The lowest BCUT2D eigenvalue weighted by Crippen LogP contribution is -2.37. The number of hydrogen-bond donors (Lipinski definition) is 2. The normalized spacial score (nSPS) is 14.3. The van der Waals surface area contributed by atoms with Crippen molar-refractivity contribution in [3.8, 4) is 0 Å². The van der Waals surface area contributed by atoms with E-state index >= 15 is 0 Å². The van der Waals surface area contributed by atoms with Gasteiger partial charge in [0.15, 0.2) is 0 Å². The van der Waals surface area contributed by atoms with E-state index in [4.69, 9.17) is 9.29 Å². The largest absolute Gasteiger partial charge is 0.379 e. The van der Waals surface area contributed by atoms with Crippen LogP contribution in [0.1, 0.15) is 40.0 Å². The fourth-order valence-electron chi connectivity index (χ4n) is 1.27. The molecule has 0 aromatic carbocycles. The van der Waals surface area contributed by atoms with Gasteiger partial charge >= 0.3 is 0 Å². The van der Waals surface area contributed by atoms with Crippen molar-refractivity contribution in [1.29, 1.82) is 0 Å². The summed E-state index contributed by atoms with van der Waals surface area (Å²) in [5, 5.41) is 1.97. The number of ether oxygens (including phenoxy) is 1. The van der Waals surface area contributed by atoms with Crippen molar-refractivity contribution in [3.63, 3.8) is 0 Å². The van der Waals surface area contributed by atoms with E-state index in [1.807, 2.05) is 20.8 Å². The van der Waals surface area contributed by atoms with Crippen LogP contribution < -0.4 is 5.32 Å². The van der Waals surface area contributed by atoms with Crippen LogP contribution in [0.3, 0.4) is 0 Å². The summed E-state index contributed by atoms with van der Waals surface area (Å²) < 4.78 is 36.2. The Morgan fingerprint density at radius 3 is 2.44 bits per heavy atom. The Hall–Kier alpha value is -0.170. The van der Waals surface area contributed by atoms with Crippen LogP contribution in [0.4, 0.5) is 0 Å². The molecule has 0 saturated carbocycles. The van der Waals surface area contributed by atoms with E-state index in [0.717, 1.165) is 6.42 Å². The Labute approximate surface area is 98.3 Å². The zero-order chi connectivity index (χ0) is 12.6. The highest BCUT2D eigenvalue weighted by atomic mass is 32.2. The minimum atomic E-state index is -3.98. The van der Waals surface area contributed by atoms with E-state index in [9.17, 15) is 8.42 Å². The van der Waals surface area contributed by atoms with Gasteiger partial charge in [-0.25, -0.2) is 0 Å². The van der Waals surface area contributed by atoms with Gasteiger partial charge in [-0.15, -0.1) is 0 Å². The van der Waals surface area contributed by atoms with Gasteiger partial charge in [-0.3, -0.25) is 9.87 Å². The first-order valence-corrected chi connectivity index (χ1v) is 7.19. The van der Waals surface area contributed by atoms with Crippen molar-refractivity contribution in [2.75, 3.05) is 13.2 Å². The Morgan fingerprint density at radius 1 is 1.38 bits per heavy atom. The first kappa shape index (κ1) is 15.8. The summed E-state index contributed by atoms with van der Waals surface area (Å²) in [6.45, 7) is 6.89. The second kappa shape index (κ2) is 8.00. The van der Waals surface area contributed by atoms with Gasteiger partial charge in [0.2, 0.25) is 0 Å². The van der Waals surface area contributed by atoms with Crippen molar-refractivity contribution >= 4 is 10.1 Å². The molecule has 1 unspecified atom stereocenters. The van der Waals surface area contributed by atoms with E-state index in [1.165, 1.54) is 0 Å². The molecule has 0 aromatic heterocycles. The summed E-state index contributed by atoms with van der Waals surface area (Å²) in [4.78, 5) is 0. The summed E-state index contributed by atoms with van der Waals surface area (Å²) in [5.74, 6) is 0. The second-order valence-corrected chi connectivity index (χ2v) is 5.62. The van der Waals surface area contributed by atoms with Crippen LogP contribution in [-0.4, -0.2) is 37.6 Å². The zero-order valence-corrected chi connectivity index (χ0v) is 11.1. The molecule has 0 saturated heterocycles. The molecule has 0 aliphatic heterocycles. The molecular formula is C10H23NO4S. The molecule has 0 amide bonds. The molecule has 0 spiro atoms. The van der Waals surface area contributed by atoms with Crippen LogP contribution in [0.2, 0.25) is 0 Å². The van der Waals surface area contributed by atoms with Crippen molar-refractivity contribution in [1.82, 2.24) is 5.32 Å². The molecule has 0 rings (SSSR count). The quantitative estimate of drug-likeness (QED) is 0.480. The summed E-state index contributed by atoms with van der Waals surface area (Å²) in [6.07, 6.45) is 2.05. The van der Waals surface area contributed by atoms with Crippen molar-refractivity contribution in [2.45, 2.75) is 51.5 Å². The maximum atomic E-state index is 11.0. The van der Waals surface area contributed by atoms with E-state index in [2.05, 4.69) is 5.32 Å². The summed E-state index contributed by atoms with van der Waals surface area (Å²) >= 11 is 0. The van der Waals surface area contributed by atoms with Crippen LogP contribution in [0.5, 0.6) is 0 Å². The average molecular weight is 253 g/mol. The zero-order valence-electron chi connectivity index (χ0n) is 10.3. The number of nitrogens with one attached hydrogen (secondary N) is 1. The lowest BCUT2D eigenvalue weighted by Gasteiger charge is -2.15. The minimum absolute atomic E-state index is 0.188. The van der Waals surface area contributed by atoms with Crippen molar-refractivity contribution in [2.24, 2.45) is 0 Å². The molecule has 1 atom stereocenters. The third-order valence-electron chi connectivity index (χ3n) is 2.05. The maximum absolute atomic E-state index is 11.0. The molecule has 5 nitrogen and oxygen atoms in total. The topological polar surface area (TPSA) is 75.6 Å². The molecule has 0 aliphatic rings. The first-order valence-electron chi connectivity index (χ1n) is 5.69. The Bertz CT molecular complexity index is 264. The van der Waals surface area contributed by atoms with Crippen LogP contribution in [0.25, 0.3) is 0 Å². The summed E-state index contributed by atoms with van der Waals surface area (Å²) in [5.41, 5.74) is 0. The van der Waals surface area contributed by atoms with Gasteiger partial charge in [-0.05, 0) is 33.2 Å². The fourth-order valence-corrected chi connectivity index (χ4v) is 2.13. The third kappa shape index (κ3) is 8.04. The maximum Gasteiger partial charge on any atom is 0.281 e. The van der Waals surface area contributed by atoms with Gasteiger partial charge in [0.1, 0.15) is 5.37 Å². The van der Waals surface area contributed by atoms with Crippen LogP contribution >= 0.6 is 0 Å². The van der Waals surface area contributed by atoms with Gasteiger partial charge in [0.25, 0.3) is 10.1 Å². The molecule has 0 heterocycles. The Balaban J connectivity index is 3.78. The van der Waals surface area contributed by atoms with Crippen LogP contribution in [0.15, 0.2) is 0 Å². The lowest BCUT2D eigenvalue weighted by atomic mass is 10.3. The molecule has 0 aliphatic carbocycles. The van der Waals surface area contributed by atoms with Gasteiger partial charge < -0.3 is 4.74 Å². The molecule has 0 aromatic rings. The average Bonchev–Trinajstić information content (AvgIpc) is 2.13. The molecule has 0 bridgehead atoms. The third-order valence-corrected chi connectivity index (χ3v) is 3.18. The lowest BCUT2D eigenvalue weighted by molar-refractivity contribution is 0.0769. The van der Waals surface area contributed by atoms with E-state index in [1.54, 1.807) is 0 Å². The van der Waals surface area contributed by atoms with E-state index < -0.39 is 15.5 Å². The predicted molar refractivity (Wildman–Crippen MR) is 64.0 cm³/mol. The molecule has 2 N–H and O–H groups in total. The molecular weight excluding hydrogens is 230 g/mol. The monoisotopic (exact) mass is 253 g/mol. The highest BCUT2D eigenvalue weighted by Crippen LogP contribution is 2.03. The highest BCUT2D eigenvalue weighted by molar-refractivity contribution is 7.86. The number of rotatable bonds is 9. The van der Waals surface area contributed by atoms with E-state index in [0.29, 0.717) is 26.0 Å². The number of hydrogen-bond acceptors (Lipinski definition) is 4. The molecule has 0 fully saturated rings.